The lowest BCUT2D eigenvalue weighted by atomic mass is 9.95. The molecule has 4 amide bonds. The van der Waals surface area contributed by atoms with Crippen LogP contribution in [0.1, 0.15) is 93.4 Å². The number of carbonyl (C=O) groups is 4. The second-order valence-electron chi connectivity index (χ2n) is 18.8. The number of nitrogens with zero attached hydrogens (tertiary/aromatic N) is 4. The summed E-state index contributed by atoms with van der Waals surface area (Å²) >= 11 is 1.32. The van der Waals surface area contributed by atoms with Crippen LogP contribution in [0.15, 0.2) is 60.3 Å². The molecule has 3 N–H and O–H groups in total. The van der Waals surface area contributed by atoms with Gasteiger partial charge >= 0.3 is 12.3 Å². The van der Waals surface area contributed by atoms with Crippen LogP contribution in [-0.2, 0) is 29.1 Å². The van der Waals surface area contributed by atoms with Crippen LogP contribution >= 0.6 is 11.3 Å². The number of hydrogen-bond acceptors (Lipinski definition) is 12. The van der Waals surface area contributed by atoms with Crippen LogP contribution in [0.25, 0.3) is 21.8 Å². The van der Waals surface area contributed by atoms with Gasteiger partial charge in [0.05, 0.1) is 51.4 Å². The van der Waals surface area contributed by atoms with E-state index in [-0.39, 0.29) is 42.4 Å². The zero-order chi connectivity index (χ0) is 48.9. The number of rotatable bonds is 12. The van der Waals surface area contributed by atoms with E-state index in [0.29, 0.717) is 60.7 Å². The lowest BCUT2D eigenvalue weighted by Gasteiger charge is -2.45. The quantitative estimate of drug-likeness (QED) is 0.155. The molecule has 1 aromatic carbocycles. The van der Waals surface area contributed by atoms with Gasteiger partial charge < -0.3 is 29.5 Å². The summed E-state index contributed by atoms with van der Waals surface area (Å²) in [6.07, 6.45) is -4.42. The zero-order valence-corrected chi connectivity index (χ0v) is 40.0. The minimum absolute atomic E-state index is 0.0117. The Bertz CT molecular complexity index is 2480. The van der Waals surface area contributed by atoms with Crippen LogP contribution in [0.2, 0.25) is 0 Å². The fourth-order valence-electron chi connectivity index (χ4n) is 8.60. The molecule has 0 unspecified atom stereocenters. The Labute approximate surface area is 391 Å². The summed E-state index contributed by atoms with van der Waals surface area (Å²) in [5.74, 6) is -2.80. The minimum atomic E-state index is -5.17. The number of amides is 4. The first-order valence-electron chi connectivity index (χ1n) is 22.3. The molecule has 4 heterocycles. The number of sulfonamides is 1. The summed E-state index contributed by atoms with van der Waals surface area (Å²) < 4.78 is 91.1. The maximum absolute atomic E-state index is 15.3. The van der Waals surface area contributed by atoms with E-state index in [4.69, 9.17) is 19.2 Å². The first-order valence-corrected chi connectivity index (χ1v) is 24.7. The Morgan fingerprint density at radius 3 is 2.40 bits per heavy atom. The molecule has 3 aromatic rings. The predicted molar refractivity (Wildman–Crippen MR) is 242 cm³/mol. The monoisotopic (exact) mass is 974 g/mol. The van der Waals surface area contributed by atoms with Crippen LogP contribution in [0.3, 0.4) is 0 Å². The number of aromatic nitrogens is 2. The van der Waals surface area contributed by atoms with E-state index in [2.05, 4.69) is 15.0 Å². The van der Waals surface area contributed by atoms with Crippen molar-refractivity contribution in [2.45, 2.75) is 152 Å². The maximum atomic E-state index is 15.3. The predicted octanol–water partition coefficient (Wildman–Crippen LogP) is 7.10. The largest absolute Gasteiger partial charge is 0.491 e. The molecule has 3 fully saturated rings. The molecular formula is C46H57F3N6O10S2. The van der Waals surface area contributed by atoms with E-state index >= 15 is 4.79 Å². The number of nitrogens with one attached hydrogen (secondary N) is 2. The van der Waals surface area contributed by atoms with E-state index < -0.39 is 98.7 Å². The Morgan fingerprint density at radius 2 is 1.81 bits per heavy atom. The van der Waals surface area contributed by atoms with Gasteiger partial charge in [0.25, 0.3) is 5.91 Å². The number of thiazole rings is 1. The summed E-state index contributed by atoms with van der Waals surface area (Å²) in [6.45, 7) is 9.43. The molecule has 1 saturated heterocycles. The maximum Gasteiger partial charge on any atom is 0.411 e. The molecular weight excluding hydrogens is 918 g/mol. The molecule has 16 nitrogen and oxygen atoms in total. The molecule has 0 bridgehead atoms. The van der Waals surface area contributed by atoms with Gasteiger partial charge in [-0.1, -0.05) is 19.1 Å². The van der Waals surface area contributed by atoms with E-state index in [1.54, 1.807) is 62.0 Å². The number of halogens is 3. The average molecular weight is 975 g/mol. The van der Waals surface area contributed by atoms with E-state index in [0.717, 1.165) is 4.90 Å². The molecule has 67 heavy (non-hydrogen) atoms. The molecule has 2 aliphatic heterocycles. The third-order valence-corrected chi connectivity index (χ3v) is 16.0. The van der Waals surface area contributed by atoms with Crippen molar-refractivity contribution in [3.8, 4) is 33.3 Å². The van der Waals surface area contributed by atoms with Gasteiger partial charge in [-0.05, 0) is 104 Å². The van der Waals surface area contributed by atoms with Gasteiger partial charge in [-0.3, -0.25) is 29.0 Å². The molecule has 7 rings (SSSR count). The number of pyridine rings is 1. The number of hydrogen-bond donors (Lipinski definition) is 3. The summed E-state index contributed by atoms with van der Waals surface area (Å²) in [7, 11) is -4.16. The van der Waals surface area contributed by atoms with Crippen molar-refractivity contribution in [3.05, 3.63) is 60.3 Å². The number of allylic oxidation sites excluding steroid dienone is 1. The number of alkyl halides is 3. The van der Waals surface area contributed by atoms with Crippen LogP contribution in [-0.4, -0.2) is 122 Å². The van der Waals surface area contributed by atoms with Gasteiger partial charge in [-0.2, -0.15) is 13.2 Å². The topological polar surface area (TPSA) is 207 Å². The molecule has 0 radical (unpaired) electrons. The molecule has 4 aliphatic rings. The van der Waals surface area contributed by atoms with Gasteiger partial charge in [0.2, 0.25) is 21.8 Å². The number of ether oxygens (including phenoxy) is 3. The lowest BCUT2D eigenvalue weighted by molar-refractivity contribution is -0.226. The second-order valence-corrected chi connectivity index (χ2v) is 21.9. The number of benzene rings is 1. The molecule has 0 spiro atoms. The zero-order valence-electron chi connectivity index (χ0n) is 38.3. The summed E-state index contributed by atoms with van der Waals surface area (Å²) in [5, 5.41) is 13.4. The SMILES string of the molecule is CC[C@@H]1O[C@H](C)CCC=C[C@@H]2C[C@@]2(C(=O)NS(=O)(=O)C2(C)CC2)NC(=O)[C@@H]2C[C@@H](Oc3cc(-c4ccc(OC(C)C)cc4)nc(-c4cncs4)c3)CN2C(=O)[C@H]1N(C(=O)O)C(C)(C)C(F)(F)F. The highest BCUT2D eigenvalue weighted by Gasteiger charge is 2.64. The average Bonchev–Trinajstić information content (AvgIpc) is 4.00. The van der Waals surface area contributed by atoms with Crippen molar-refractivity contribution in [1.82, 2.24) is 29.8 Å². The number of fused-ring (bicyclic) bond motifs is 2. The van der Waals surface area contributed by atoms with Gasteiger partial charge in [0.1, 0.15) is 40.8 Å². The highest BCUT2D eigenvalue weighted by molar-refractivity contribution is 7.91. The summed E-state index contributed by atoms with van der Waals surface area (Å²) in [4.78, 5) is 68.1. The van der Waals surface area contributed by atoms with E-state index in [9.17, 15) is 41.1 Å². The third kappa shape index (κ3) is 10.3. The Balaban J connectivity index is 1.30. The standard InChI is InChI=1S/C46H57F3N6O10S2/c1-8-36-38(55(42(59)60)43(5,6)46(47,48)49)40(57)54-24-32(65-31-19-33(51-34(20-31)37-23-50-25-66-37)28-13-15-30(16-14-28)63-26(2)3)21-35(54)39(56)52-45(22-29(45)12-10-9-11-27(4)64-36)41(58)53-67(61,62)44(7)17-18-44/h10,12-16,19-20,23,25-27,29,32,35-36,38H,8-9,11,17-18,21-22,24H2,1-7H3,(H,52,56)(H,53,58)(H,59,60)/t27-,29-,32-,35+,36+,38+,45-/m1/s1. The van der Waals surface area contributed by atoms with Gasteiger partial charge in [-0.25, -0.2) is 18.2 Å². The first-order chi connectivity index (χ1) is 31.4. The fraction of sp³-hybridized carbons (Fsp3) is 0.565. The Morgan fingerprint density at radius 1 is 1.12 bits per heavy atom. The van der Waals surface area contributed by atoms with Crippen molar-refractivity contribution in [3.63, 3.8) is 0 Å². The van der Waals surface area contributed by atoms with E-state index in [1.807, 2.05) is 26.0 Å². The van der Waals surface area contributed by atoms with Gasteiger partial charge in [0, 0.05) is 36.2 Å². The number of carbonyl (C=O) groups excluding carboxylic acids is 3. The van der Waals surface area contributed by atoms with Crippen molar-refractivity contribution in [2.75, 3.05) is 6.54 Å². The summed E-state index contributed by atoms with van der Waals surface area (Å²) in [5.41, 5.74) is -1.60. The second kappa shape index (κ2) is 18.7. The molecule has 7 atom stereocenters. The first kappa shape index (κ1) is 49.6. The van der Waals surface area contributed by atoms with Gasteiger partial charge in [-0.15, -0.1) is 11.3 Å². The number of carboxylic acid groups (broad SMARTS) is 1. The fourth-order valence-corrected chi connectivity index (χ4v) is 10.5. The normalized spacial score (nSPS) is 26.6. The minimum Gasteiger partial charge on any atom is -0.491 e. The Kier molecular flexibility index (Phi) is 13.8. The molecule has 2 aliphatic carbocycles. The van der Waals surface area contributed by atoms with Crippen LogP contribution in [0.4, 0.5) is 18.0 Å². The molecule has 21 heteroatoms. The van der Waals surface area contributed by atoms with Crippen molar-refractivity contribution in [1.29, 1.82) is 0 Å². The Hall–Kier alpha value is -5.28. The van der Waals surface area contributed by atoms with Crippen LogP contribution in [0, 0.1) is 5.92 Å². The highest BCUT2D eigenvalue weighted by Crippen LogP contribution is 2.48. The summed E-state index contributed by atoms with van der Waals surface area (Å²) in [6, 6.07) is 6.87. The van der Waals surface area contributed by atoms with Crippen molar-refractivity contribution < 1.29 is 60.1 Å². The highest BCUT2D eigenvalue weighted by atomic mass is 32.2. The van der Waals surface area contributed by atoms with Gasteiger partial charge in [0.15, 0.2) is 0 Å². The third-order valence-electron chi connectivity index (χ3n) is 13.1. The van der Waals surface area contributed by atoms with Crippen molar-refractivity contribution >= 4 is 45.2 Å². The molecule has 2 saturated carbocycles. The molecule has 2 aromatic heterocycles. The van der Waals surface area contributed by atoms with Crippen LogP contribution in [0.5, 0.6) is 11.5 Å². The van der Waals surface area contributed by atoms with Crippen LogP contribution < -0.4 is 19.5 Å². The van der Waals surface area contributed by atoms with Crippen molar-refractivity contribution in [2.24, 2.45) is 5.92 Å². The smallest absolute Gasteiger partial charge is 0.411 e. The van der Waals surface area contributed by atoms with E-state index in [1.165, 1.54) is 18.3 Å². The molecule has 364 valence electrons. The lowest BCUT2D eigenvalue weighted by Crippen LogP contribution is -2.68.